The van der Waals surface area contributed by atoms with Crippen LogP contribution in [0.2, 0.25) is 0 Å². The van der Waals surface area contributed by atoms with Crippen LogP contribution in [-0.2, 0) is 47.6 Å². The van der Waals surface area contributed by atoms with E-state index in [2.05, 4.69) is 0 Å². The molecule has 3 N–H and O–H groups in total. The molecule has 4 aliphatic heterocycles. The van der Waals surface area contributed by atoms with Gasteiger partial charge in [-0.1, -0.05) is 20.8 Å². The maximum Gasteiger partial charge on any atom is 0.523 e. The van der Waals surface area contributed by atoms with Crippen molar-refractivity contribution in [2.24, 2.45) is 28.1 Å². The fraction of sp³-hybridized carbons (Fsp3) is 0.857. The first-order chi connectivity index (χ1) is 17.2. The molecule has 0 radical (unpaired) electrons. The molecule has 17 heteroatoms. The lowest BCUT2D eigenvalue weighted by Crippen LogP contribution is -2.67. The number of aliphatic hydroxyl groups excluding tert-OH is 2. The average Bonchev–Trinajstić information content (AvgIpc) is 3.46. The van der Waals surface area contributed by atoms with Crippen LogP contribution in [0.5, 0.6) is 0 Å². The van der Waals surface area contributed by atoms with Crippen LogP contribution in [0.4, 0.5) is 13.2 Å². The van der Waals surface area contributed by atoms with E-state index in [0.717, 1.165) is 6.92 Å². The number of rotatable bonds is 2. The Hall–Kier alpha value is -2.05. The lowest BCUT2D eigenvalue weighted by molar-refractivity contribution is -0.240. The molecular formula is C21H23F3O13S. The van der Waals surface area contributed by atoms with Crippen LogP contribution in [0, 0.1) is 28.1 Å². The van der Waals surface area contributed by atoms with Gasteiger partial charge in [-0.2, -0.15) is 21.6 Å². The summed E-state index contributed by atoms with van der Waals surface area (Å²) >= 11 is 0. The molecule has 0 aromatic carbocycles. The lowest BCUT2D eigenvalue weighted by atomic mass is 9.51. The van der Waals surface area contributed by atoms with Gasteiger partial charge in [-0.05, 0) is 12.3 Å². The fourth-order valence-electron chi connectivity index (χ4n) is 8.53. The van der Waals surface area contributed by atoms with Gasteiger partial charge in [0.1, 0.15) is 18.3 Å². The number of aliphatic hydroxyl groups is 3. The highest BCUT2D eigenvalue weighted by Gasteiger charge is 3.05. The largest absolute Gasteiger partial charge is 0.523 e. The molecule has 4 heterocycles. The number of carbonyl (C=O) groups excluding carboxylic acids is 3. The SMILES string of the molecule is C[C@@H]1C(=O)O[C@H]2[C@@H](O)C34[C@@H]5OC(=O)[C@]3(O[C@@H]3OC(=O)[C@H](O)C34[C@H](C(C)(C)C)[C@H]5OS(=O)(=O)C(F)(F)F)[C@@]12O. The molecule has 2 unspecified atom stereocenters. The molecule has 12 atom stereocenters. The topological polar surface area (TPSA) is 192 Å². The molecule has 4 saturated heterocycles. The molecule has 6 fully saturated rings. The Kier molecular flexibility index (Phi) is 4.57. The zero-order chi connectivity index (χ0) is 28.4. The Morgan fingerprint density at radius 2 is 1.58 bits per heavy atom. The van der Waals surface area contributed by atoms with Gasteiger partial charge in [-0.25, -0.2) is 9.59 Å². The third-order valence-electron chi connectivity index (χ3n) is 9.45. The maximum atomic E-state index is 13.6. The standard InChI is InChI=1S/C21H23F3O13S/c1-5-12(27)33-11-8(25)18-10-6(37-38(31,32)21(22,23)24)7(16(2,3)4)17(18)9(26)13(28)35-15(17)36-20(18,14(29)34-10)19(5,11)30/h5-11,15,25-26,30H,1-4H3/t5-,6-,7+,8-,9+,10-,11+,15+,17?,18?,19-,20-/m1/s1. The minimum Gasteiger partial charge on any atom is -0.456 e. The van der Waals surface area contributed by atoms with Crippen molar-refractivity contribution < 1.29 is 74.4 Å². The molecule has 0 aromatic heterocycles. The zero-order valence-electron chi connectivity index (χ0n) is 20.1. The number of hydrogen-bond acceptors (Lipinski definition) is 13. The molecule has 6 aliphatic rings. The minimum atomic E-state index is -6.38. The van der Waals surface area contributed by atoms with Crippen LogP contribution in [0.1, 0.15) is 27.7 Å². The fourth-order valence-corrected chi connectivity index (χ4v) is 9.14. The second-order valence-corrected chi connectivity index (χ2v) is 13.3. The van der Waals surface area contributed by atoms with Gasteiger partial charge in [0, 0.05) is 5.92 Å². The second kappa shape index (κ2) is 6.63. The van der Waals surface area contributed by atoms with Crippen molar-refractivity contribution in [3.63, 3.8) is 0 Å². The van der Waals surface area contributed by atoms with Gasteiger partial charge in [0.15, 0.2) is 17.8 Å². The molecule has 13 nitrogen and oxygen atoms in total. The predicted molar refractivity (Wildman–Crippen MR) is 107 cm³/mol. The molecule has 2 saturated carbocycles. The number of hydrogen-bond donors (Lipinski definition) is 3. The van der Waals surface area contributed by atoms with Gasteiger partial charge in [0.2, 0.25) is 11.9 Å². The van der Waals surface area contributed by atoms with Crippen LogP contribution >= 0.6 is 0 Å². The van der Waals surface area contributed by atoms with Gasteiger partial charge in [0.05, 0.1) is 16.7 Å². The number of ether oxygens (including phenoxy) is 4. The van der Waals surface area contributed by atoms with E-state index in [4.69, 9.17) is 23.1 Å². The summed E-state index contributed by atoms with van der Waals surface area (Å²) in [7, 11) is -6.38. The first kappa shape index (κ1) is 26.2. The van der Waals surface area contributed by atoms with Crippen LogP contribution in [0.15, 0.2) is 0 Å². The van der Waals surface area contributed by atoms with E-state index in [1.54, 1.807) is 0 Å². The lowest BCUT2D eigenvalue weighted by Gasteiger charge is -2.47. The van der Waals surface area contributed by atoms with Crippen LogP contribution < -0.4 is 0 Å². The minimum absolute atomic E-state index is 1.05. The summed E-state index contributed by atoms with van der Waals surface area (Å²) in [4.78, 5) is 38.9. The monoisotopic (exact) mass is 572 g/mol. The van der Waals surface area contributed by atoms with Crippen molar-refractivity contribution >= 4 is 28.0 Å². The number of fused-ring (bicyclic) bond motifs is 1. The summed E-state index contributed by atoms with van der Waals surface area (Å²) in [6.45, 7) is 5.42. The molecule has 0 aromatic rings. The molecule has 2 spiro atoms. The third-order valence-corrected chi connectivity index (χ3v) is 10.5. The first-order valence-corrected chi connectivity index (χ1v) is 13.0. The van der Waals surface area contributed by atoms with E-state index in [-0.39, 0.29) is 0 Å². The molecule has 0 amide bonds. The van der Waals surface area contributed by atoms with Crippen LogP contribution in [0.25, 0.3) is 0 Å². The second-order valence-electron chi connectivity index (χ2n) is 11.8. The quantitative estimate of drug-likeness (QED) is 0.150. The van der Waals surface area contributed by atoms with Gasteiger partial charge in [-0.3, -0.25) is 8.98 Å². The molecule has 212 valence electrons. The number of alkyl halides is 3. The van der Waals surface area contributed by atoms with Crippen molar-refractivity contribution in [2.45, 2.75) is 81.2 Å². The number of esters is 3. The van der Waals surface area contributed by atoms with Crippen molar-refractivity contribution in [3.8, 4) is 0 Å². The summed E-state index contributed by atoms with van der Waals surface area (Å²) in [6.07, 6.45) is -12.9. The first-order valence-electron chi connectivity index (χ1n) is 11.6. The van der Waals surface area contributed by atoms with E-state index in [0.29, 0.717) is 0 Å². The molecule has 0 bridgehead atoms. The van der Waals surface area contributed by atoms with Crippen LogP contribution in [-0.4, -0.2) is 95.2 Å². The zero-order valence-corrected chi connectivity index (χ0v) is 20.9. The van der Waals surface area contributed by atoms with Crippen LogP contribution in [0.3, 0.4) is 0 Å². The Morgan fingerprint density at radius 3 is 2.13 bits per heavy atom. The highest BCUT2D eigenvalue weighted by molar-refractivity contribution is 7.87. The van der Waals surface area contributed by atoms with Crippen molar-refractivity contribution in [3.05, 3.63) is 0 Å². The average molecular weight is 572 g/mol. The molecule has 2 aliphatic carbocycles. The van der Waals surface area contributed by atoms with Gasteiger partial charge < -0.3 is 34.3 Å². The Bertz CT molecular complexity index is 1290. The van der Waals surface area contributed by atoms with E-state index in [9.17, 15) is 51.3 Å². The molecular weight excluding hydrogens is 549 g/mol. The molecule has 38 heavy (non-hydrogen) atoms. The smallest absolute Gasteiger partial charge is 0.456 e. The van der Waals surface area contributed by atoms with Gasteiger partial charge in [-0.15, -0.1) is 0 Å². The number of carbonyl (C=O) groups is 3. The normalized spacial score (nSPS) is 52.8. The van der Waals surface area contributed by atoms with E-state index in [1.165, 1.54) is 20.8 Å². The highest BCUT2D eigenvalue weighted by atomic mass is 32.2. The highest BCUT2D eigenvalue weighted by Crippen LogP contribution is 2.84. The number of halogens is 3. The summed E-state index contributed by atoms with van der Waals surface area (Å²) < 4.78 is 91.4. The predicted octanol–water partition coefficient (Wildman–Crippen LogP) is -1.52. The Labute approximate surface area is 212 Å². The Morgan fingerprint density at radius 1 is 0.974 bits per heavy atom. The summed E-state index contributed by atoms with van der Waals surface area (Å²) in [5.41, 5.74) is -17.8. The summed E-state index contributed by atoms with van der Waals surface area (Å²) in [5.74, 6) is -7.11. The Balaban J connectivity index is 1.71. The molecule has 6 rings (SSSR count). The van der Waals surface area contributed by atoms with Gasteiger partial charge >= 0.3 is 33.5 Å². The maximum absolute atomic E-state index is 13.6. The van der Waals surface area contributed by atoms with E-state index >= 15 is 0 Å². The third kappa shape index (κ3) is 2.18. The van der Waals surface area contributed by atoms with Crippen molar-refractivity contribution in [2.75, 3.05) is 0 Å². The van der Waals surface area contributed by atoms with Gasteiger partial charge in [0.25, 0.3) is 0 Å². The van der Waals surface area contributed by atoms with Crippen molar-refractivity contribution in [1.29, 1.82) is 0 Å². The summed E-state index contributed by atoms with van der Waals surface area (Å²) in [6, 6.07) is 0. The summed E-state index contributed by atoms with van der Waals surface area (Å²) in [5, 5.41) is 35.1. The van der Waals surface area contributed by atoms with Crippen molar-refractivity contribution in [1.82, 2.24) is 0 Å². The van der Waals surface area contributed by atoms with E-state index in [1.807, 2.05) is 0 Å². The van der Waals surface area contributed by atoms with E-state index < -0.39 is 110 Å².